The van der Waals surface area contributed by atoms with Gasteiger partial charge in [0.25, 0.3) is 11.8 Å². The van der Waals surface area contributed by atoms with Gasteiger partial charge in [-0.2, -0.15) is 4.37 Å². The molecule has 2 aromatic rings. The average molecular weight is 342 g/mol. The van der Waals surface area contributed by atoms with Crippen LogP contribution in [0.15, 0.2) is 24.3 Å². The lowest BCUT2D eigenvalue weighted by Gasteiger charge is -2.13. The monoisotopic (exact) mass is 342 g/mol. The molecule has 1 aliphatic rings. The van der Waals surface area contributed by atoms with Gasteiger partial charge in [-0.25, -0.2) is 4.98 Å². The molecule has 8 heteroatoms. The summed E-state index contributed by atoms with van der Waals surface area (Å²) in [6.07, 6.45) is 0.282. The molecule has 24 heavy (non-hydrogen) atoms. The maximum absolute atomic E-state index is 11.9. The summed E-state index contributed by atoms with van der Waals surface area (Å²) in [5.41, 5.74) is 4.82. The molecular weight excluding hydrogens is 328 g/mol. The second-order valence-corrected chi connectivity index (χ2v) is 6.21. The normalized spacial score (nSPS) is 19.9. The van der Waals surface area contributed by atoms with Gasteiger partial charge in [-0.05, 0) is 23.7 Å². The van der Waals surface area contributed by atoms with E-state index in [-0.39, 0.29) is 11.4 Å². The van der Waals surface area contributed by atoms with Gasteiger partial charge in [0.1, 0.15) is 0 Å². The third-order valence-electron chi connectivity index (χ3n) is 3.68. The second-order valence-electron chi connectivity index (χ2n) is 5.46. The van der Waals surface area contributed by atoms with Crippen LogP contribution in [0.4, 0.5) is 0 Å². The molecule has 0 unspecified atom stereocenters. The minimum Gasteiger partial charge on any atom is -0.369 e. The molecule has 2 heterocycles. The molecule has 7 nitrogen and oxygen atoms in total. The number of amides is 2. The Kier molecular flexibility index (Phi) is 4.05. The lowest BCUT2D eigenvalue weighted by atomic mass is 10.0. The Morgan fingerprint density at radius 1 is 1.50 bits per heavy atom. The van der Waals surface area contributed by atoms with Crippen molar-refractivity contribution in [3.05, 3.63) is 34.8 Å². The number of likely N-dealkylation sites (N-methyl/N-ethyl adjacent to an activating group) is 1. The Hall–Kier alpha value is -2.76. The highest BCUT2D eigenvalue weighted by Crippen LogP contribution is 2.22. The minimum atomic E-state index is -1.64. The second kappa shape index (κ2) is 6.03. The fraction of sp³-hybridized carbons (Fsp3) is 0.250. The number of primary amides is 1. The third kappa shape index (κ3) is 2.99. The number of aliphatic hydroxyl groups is 1. The third-order valence-corrected chi connectivity index (χ3v) is 4.41. The van der Waals surface area contributed by atoms with E-state index in [2.05, 4.69) is 21.2 Å². The van der Waals surface area contributed by atoms with E-state index in [0.717, 1.165) is 11.5 Å². The maximum atomic E-state index is 11.9. The van der Waals surface area contributed by atoms with Gasteiger partial charge in [0.05, 0.1) is 0 Å². The van der Waals surface area contributed by atoms with Gasteiger partial charge in [-0.15, -0.1) is 0 Å². The van der Waals surface area contributed by atoms with Crippen LogP contribution in [0.3, 0.4) is 0 Å². The number of nitrogens with zero attached hydrogens (tertiary/aromatic N) is 3. The molecular formula is C16H14N4O3S. The largest absolute Gasteiger partial charge is 0.369 e. The van der Waals surface area contributed by atoms with E-state index in [0.29, 0.717) is 23.5 Å². The minimum absolute atomic E-state index is 0.135. The summed E-state index contributed by atoms with van der Waals surface area (Å²) in [6.45, 7) is 0.475. The Labute approximate surface area is 142 Å². The van der Waals surface area contributed by atoms with Gasteiger partial charge in [-0.1, -0.05) is 24.0 Å². The van der Waals surface area contributed by atoms with Crippen LogP contribution >= 0.6 is 11.5 Å². The first-order valence-electron chi connectivity index (χ1n) is 7.14. The SMILES string of the molecule is CN1CC[C@@](O)(C#Cc2cccc(-c3nsc(C(N)=O)n3)c2)C1=O. The number of aromatic nitrogens is 2. The molecule has 0 spiro atoms. The molecule has 1 saturated heterocycles. The van der Waals surface area contributed by atoms with E-state index in [9.17, 15) is 14.7 Å². The van der Waals surface area contributed by atoms with Crippen LogP contribution in [0.25, 0.3) is 11.4 Å². The summed E-state index contributed by atoms with van der Waals surface area (Å²) in [5, 5.41) is 10.4. The number of benzene rings is 1. The molecule has 0 bridgehead atoms. The van der Waals surface area contributed by atoms with Crippen molar-refractivity contribution in [2.75, 3.05) is 13.6 Å². The van der Waals surface area contributed by atoms with Gasteiger partial charge in [0.15, 0.2) is 5.82 Å². The molecule has 122 valence electrons. The zero-order valence-electron chi connectivity index (χ0n) is 12.8. The molecule has 0 saturated carbocycles. The molecule has 1 fully saturated rings. The molecule has 3 rings (SSSR count). The first-order valence-corrected chi connectivity index (χ1v) is 7.91. The van der Waals surface area contributed by atoms with E-state index in [1.165, 1.54) is 4.90 Å². The average Bonchev–Trinajstić information content (AvgIpc) is 3.16. The zero-order valence-corrected chi connectivity index (χ0v) is 13.6. The number of carbonyl (C=O) groups is 2. The van der Waals surface area contributed by atoms with Crippen molar-refractivity contribution >= 4 is 23.3 Å². The molecule has 2 amide bonds. The van der Waals surface area contributed by atoms with E-state index in [1.807, 2.05) is 0 Å². The summed E-state index contributed by atoms with van der Waals surface area (Å²) < 4.78 is 4.09. The summed E-state index contributed by atoms with van der Waals surface area (Å²) in [6, 6.07) is 7.02. The van der Waals surface area contributed by atoms with Crippen molar-refractivity contribution in [3.63, 3.8) is 0 Å². The quantitative estimate of drug-likeness (QED) is 0.760. The van der Waals surface area contributed by atoms with Gasteiger partial charge < -0.3 is 15.7 Å². The Morgan fingerprint density at radius 3 is 2.92 bits per heavy atom. The molecule has 1 aromatic heterocycles. The number of hydrogen-bond acceptors (Lipinski definition) is 6. The van der Waals surface area contributed by atoms with Crippen molar-refractivity contribution in [1.29, 1.82) is 0 Å². The van der Waals surface area contributed by atoms with Gasteiger partial charge in [-0.3, -0.25) is 9.59 Å². The lowest BCUT2D eigenvalue weighted by molar-refractivity contribution is -0.137. The standard InChI is InChI=1S/C16H14N4O3S/c1-20-8-7-16(23,15(20)22)6-5-10-3-2-4-11(9-10)13-18-14(12(17)21)24-19-13/h2-4,9,23H,7-8H2,1H3,(H2,17,21)/t16-/m0/s1. The highest BCUT2D eigenvalue weighted by atomic mass is 32.1. The van der Waals surface area contributed by atoms with Crippen LogP contribution in [-0.2, 0) is 4.79 Å². The number of likely N-dealkylation sites (tertiary alicyclic amines) is 1. The molecule has 0 radical (unpaired) electrons. The van der Waals surface area contributed by atoms with E-state index in [4.69, 9.17) is 5.73 Å². The van der Waals surface area contributed by atoms with E-state index < -0.39 is 17.4 Å². The summed E-state index contributed by atoms with van der Waals surface area (Å²) in [5.74, 6) is 4.85. The Bertz CT molecular complexity index is 883. The Morgan fingerprint density at radius 2 is 2.29 bits per heavy atom. The lowest BCUT2D eigenvalue weighted by Crippen LogP contribution is -2.37. The van der Waals surface area contributed by atoms with Crippen LogP contribution in [0.5, 0.6) is 0 Å². The predicted octanol–water partition coefficient (Wildman–Crippen LogP) is 0.249. The predicted molar refractivity (Wildman–Crippen MR) is 87.9 cm³/mol. The zero-order chi connectivity index (χ0) is 17.3. The van der Waals surface area contributed by atoms with Gasteiger partial charge in [0, 0.05) is 31.1 Å². The fourth-order valence-electron chi connectivity index (χ4n) is 2.32. The van der Waals surface area contributed by atoms with Crippen molar-refractivity contribution in [2.24, 2.45) is 5.73 Å². The molecule has 1 atom stereocenters. The van der Waals surface area contributed by atoms with Crippen molar-refractivity contribution in [3.8, 4) is 23.2 Å². The van der Waals surface area contributed by atoms with Crippen molar-refractivity contribution in [1.82, 2.24) is 14.3 Å². The number of hydrogen-bond donors (Lipinski definition) is 2. The summed E-state index contributed by atoms with van der Waals surface area (Å²) >= 11 is 0.930. The first kappa shape index (κ1) is 16.1. The number of nitrogens with two attached hydrogens (primary N) is 1. The first-order chi connectivity index (χ1) is 11.4. The fourth-order valence-corrected chi connectivity index (χ4v) is 2.86. The van der Waals surface area contributed by atoms with Crippen LogP contribution in [0.1, 0.15) is 21.8 Å². The molecule has 0 aliphatic carbocycles. The topological polar surface area (TPSA) is 109 Å². The molecule has 1 aromatic carbocycles. The van der Waals surface area contributed by atoms with Crippen molar-refractivity contribution in [2.45, 2.75) is 12.0 Å². The van der Waals surface area contributed by atoms with Crippen LogP contribution < -0.4 is 5.73 Å². The van der Waals surface area contributed by atoms with E-state index >= 15 is 0 Å². The number of rotatable bonds is 2. The van der Waals surface area contributed by atoms with Gasteiger partial charge >= 0.3 is 0 Å². The smallest absolute Gasteiger partial charge is 0.279 e. The highest BCUT2D eigenvalue weighted by Gasteiger charge is 2.42. The Balaban J connectivity index is 1.88. The van der Waals surface area contributed by atoms with Crippen molar-refractivity contribution < 1.29 is 14.7 Å². The molecule has 3 N–H and O–H groups in total. The summed E-state index contributed by atoms with van der Waals surface area (Å²) in [7, 11) is 1.63. The highest BCUT2D eigenvalue weighted by molar-refractivity contribution is 7.07. The van der Waals surface area contributed by atoms with Gasteiger partial charge in [0.2, 0.25) is 10.6 Å². The maximum Gasteiger partial charge on any atom is 0.279 e. The number of carbonyl (C=O) groups excluding carboxylic acids is 2. The van der Waals surface area contributed by atoms with E-state index in [1.54, 1.807) is 31.3 Å². The summed E-state index contributed by atoms with van der Waals surface area (Å²) in [4.78, 5) is 28.5. The molecule has 1 aliphatic heterocycles. The van der Waals surface area contributed by atoms with Crippen LogP contribution in [0.2, 0.25) is 0 Å². The van der Waals surface area contributed by atoms with Crippen LogP contribution in [0, 0.1) is 11.8 Å². The van der Waals surface area contributed by atoms with Crippen LogP contribution in [-0.4, -0.2) is 50.4 Å².